The average Bonchev–Trinajstić information content (AvgIpc) is 2.72. The van der Waals surface area contributed by atoms with Gasteiger partial charge in [0, 0.05) is 19.7 Å². The molecule has 1 saturated heterocycles. The first-order valence-corrected chi connectivity index (χ1v) is 6.18. The zero-order chi connectivity index (χ0) is 12.0. The van der Waals surface area contributed by atoms with Gasteiger partial charge in [-0.15, -0.1) is 0 Å². The maximum absolute atomic E-state index is 12.3. The van der Waals surface area contributed by atoms with Crippen molar-refractivity contribution in [2.75, 3.05) is 26.3 Å². The minimum Gasteiger partial charge on any atom is -0.395 e. The van der Waals surface area contributed by atoms with E-state index in [1.165, 1.54) is 0 Å². The zero-order valence-electron chi connectivity index (χ0n) is 10.4. The lowest BCUT2D eigenvalue weighted by molar-refractivity contribution is -0.151. The van der Waals surface area contributed by atoms with Crippen LogP contribution in [0.25, 0.3) is 0 Å². The second kappa shape index (κ2) is 6.21. The van der Waals surface area contributed by atoms with E-state index in [0.29, 0.717) is 13.2 Å². The number of amides is 1. The molecule has 0 bridgehead atoms. The summed E-state index contributed by atoms with van der Waals surface area (Å²) in [5, 5.41) is 8.98. The second-order valence-corrected chi connectivity index (χ2v) is 4.55. The molecule has 0 saturated carbocycles. The molecule has 1 unspecified atom stereocenters. The molecule has 0 spiro atoms. The molecule has 1 amide bonds. The van der Waals surface area contributed by atoms with Gasteiger partial charge in [0.2, 0.25) is 0 Å². The van der Waals surface area contributed by atoms with E-state index in [4.69, 9.17) is 9.84 Å². The predicted molar refractivity (Wildman–Crippen MR) is 62.2 cm³/mol. The summed E-state index contributed by atoms with van der Waals surface area (Å²) >= 11 is 0. The predicted octanol–water partition coefficient (Wildman–Crippen LogP) is 1.18. The van der Waals surface area contributed by atoms with E-state index in [1.807, 2.05) is 6.92 Å². The highest BCUT2D eigenvalue weighted by Gasteiger charge is 2.40. The van der Waals surface area contributed by atoms with Crippen molar-refractivity contribution in [3.05, 3.63) is 0 Å². The van der Waals surface area contributed by atoms with Crippen molar-refractivity contribution in [1.29, 1.82) is 0 Å². The number of nitrogens with zero attached hydrogens (tertiary/aromatic N) is 1. The smallest absolute Gasteiger partial charge is 0.254 e. The lowest BCUT2D eigenvalue weighted by Gasteiger charge is -2.30. The average molecular weight is 229 g/mol. The first kappa shape index (κ1) is 13.5. The molecule has 16 heavy (non-hydrogen) atoms. The number of carbonyl (C=O) groups excluding carboxylic acids is 1. The van der Waals surface area contributed by atoms with Gasteiger partial charge in [-0.3, -0.25) is 4.79 Å². The highest BCUT2D eigenvalue weighted by atomic mass is 16.5. The maximum Gasteiger partial charge on any atom is 0.254 e. The van der Waals surface area contributed by atoms with Crippen LogP contribution in [0.5, 0.6) is 0 Å². The van der Waals surface area contributed by atoms with Crippen LogP contribution in [-0.2, 0) is 9.53 Å². The van der Waals surface area contributed by atoms with Gasteiger partial charge in [0.25, 0.3) is 5.91 Å². The number of aliphatic hydroxyl groups excluding tert-OH is 1. The van der Waals surface area contributed by atoms with Crippen LogP contribution in [0.15, 0.2) is 0 Å². The number of ether oxygens (including phenoxy) is 1. The summed E-state index contributed by atoms with van der Waals surface area (Å²) in [5.41, 5.74) is -0.650. The number of aliphatic hydroxyl groups is 1. The molecule has 1 aliphatic heterocycles. The molecule has 0 aromatic rings. The SMILES string of the molecule is CCCCN(CCO)C(=O)C1(C)CCCO1. The molecule has 1 heterocycles. The first-order chi connectivity index (χ1) is 7.64. The Bertz CT molecular complexity index is 224. The summed E-state index contributed by atoms with van der Waals surface area (Å²) in [6, 6.07) is 0. The van der Waals surface area contributed by atoms with Crippen molar-refractivity contribution in [3.63, 3.8) is 0 Å². The first-order valence-electron chi connectivity index (χ1n) is 6.18. The molecule has 4 heteroatoms. The molecule has 4 nitrogen and oxygen atoms in total. The minimum atomic E-state index is -0.650. The van der Waals surface area contributed by atoms with Gasteiger partial charge in [0.15, 0.2) is 0 Å². The van der Waals surface area contributed by atoms with Crippen LogP contribution in [0.3, 0.4) is 0 Å². The Morgan fingerprint density at radius 3 is 2.75 bits per heavy atom. The number of hydrogen-bond donors (Lipinski definition) is 1. The fourth-order valence-electron chi connectivity index (χ4n) is 2.07. The Labute approximate surface area is 97.6 Å². The molecule has 0 aromatic carbocycles. The van der Waals surface area contributed by atoms with E-state index in [-0.39, 0.29) is 12.5 Å². The van der Waals surface area contributed by atoms with Crippen LogP contribution in [0.4, 0.5) is 0 Å². The lowest BCUT2D eigenvalue weighted by atomic mass is 10.0. The number of rotatable bonds is 6. The van der Waals surface area contributed by atoms with Gasteiger partial charge in [-0.05, 0) is 26.2 Å². The summed E-state index contributed by atoms with van der Waals surface area (Å²) in [6.45, 7) is 5.77. The molecule has 94 valence electrons. The number of hydrogen-bond acceptors (Lipinski definition) is 3. The van der Waals surface area contributed by atoms with E-state index in [2.05, 4.69) is 6.92 Å². The largest absolute Gasteiger partial charge is 0.395 e. The van der Waals surface area contributed by atoms with Crippen LogP contribution in [0.1, 0.15) is 39.5 Å². The van der Waals surface area contributed by atoms with Crippen molar-refractivity contribution in [2.45, 2.75) is 45.1 Å². The number of unbranched alkanes of at least 4 members (excludes halogenated alkanes) is 1. The number of carbonyl (C=O) groups is 1. The third kappa shape index (κ3) is 3.19. The molecule has 0 aliphatic carbocycles. The Morgan fingerprint density at radius 1 is 1.50 bits per heavy atom. The van der Waals surface area contributed by atoms with Crippen LogP contribution in [0.2, 0.25) is 0 Å². The maximum atomic E-state index is 12.3. The molecular formula is C12H23NO3. The van der Waals surface area contributed by atoms with Gasteiger partial charge >= 0.3 is 0 Å². The Balaban J connectivity index is 2.58. The van der Waals surface area contributed by atoms with E-state index < -0.39 is 5.60 Å². The highest BCUT2D eigenvalue weighted by Crippen LogP contribution is 2.27. The zero-order valence-corrected chi connectivity index (χ0v) is 10.4. The molecule has 1 N–H and O–H groups in total. The fraction of sp³-hybridized carbons (Fsp3) is 0.917. The van der Waals surface area contributed by atoms with Crippen LogP contribution in [0, 0.1) is 0 Å². The van der Waals surface area contributed by atoms with Gasteiger partial charge in [-0.1, -0.05) is 13.3 Å². The normalized spacial score (nSPS) is 24.7. The third-order valence-corrected chi connectivity index (χ3v) is 3.11. The molecule has 1 fully saturated rings. The van der Waals surface area contributed by atoms with Crippen molar-refractivity contribution in [3.8, 4) is 0 Å². The summed E-state index contributed by atoms with van der Waals surface area (Å²) in [5.74, 6) is 0.0347. The minimum absolute atomic E-state index is 0.0194. The third-order valence-electron chi connectivity index (χ3n) is 3.11. The van der Waals surface area contributed by atoms with E-state index in [0.717, 1.165) is 32.2 Å². The summed E-state index contributed by atoms with van der Waals surface area (Å²) in [7, 11) is 0. The molecule has 1 rings (SSSR count). The monoisotopic (exact) mass is 229 g/mol. The Hall–Kier alpha value is -0.610. The summed E-state index contributed by atoms with van der Waals surface area (Å²) in [4.78, 5) is 14.0. The van der Waals surface area contributed by atoms with Crippen LogP contribution >= 0.6 is 0 Å². The van der Waals surface area contributed by atoms with Crippen molar-refractivity contribution >= 4 is 5.91 Å². The molecule has 1 aliphatic rings. The van der Waals surface area contributed by atoms with Crippen molar-refractivity contribution in [2.24, 2.45) is 0 Å². The van der Waals surface area contributed by atoms with Crippen molar-refractivity contribution < 1.29 is 14.6 Å². The molecule has 0 radical (unpaired) electrons. The topological polar surface area (TPSA) is 49.8 Å². The van der Waals surface area contributed by atoms with E-state index in [9.17, 15) is 4.79 Å². The molecule has 0 aromatic heterocycles. The van der Waals surface area contributed by atoms with E-state index >= 15 is 0 Å². The van der Waals surface area contributed by atoms with Gasteiger partial charge in [0.05, 0.1) is 6.61 Å². The summed E-state index contributed by atoms with van der Waals surface area (Å²) < 4.78 is 5.54. The Morgan fingerprint density at radius 2 is 2.25 bits per heavy atom. The summed E-state index contributed by atoms with van der Waals surface area (Å²) in [6.07, 6.45) is 3.76. The van der Waals surface area contributed by atoms with Crippen molar-refractivity contribution in [1.82, 2.24) is 4.90 Å². The molecule has 1 atom stereocenters. The quantitative estimate of drug-likeness (QED) is 0.744. The van der Waals surface area contributed by atoms with E-state index in [1.54, 1.807) is 4.90 Å². The van der Waals surface area contributed by atoms with Gasteiger partial charge < -0.3 is 14.7 Å². The fourth-order valence-corrected chi connectivity index (χ4v) is 2.07. The molecular weight excluding hydrogens is 206 g/mol. The van der Waals surface area contributed by atoms with Crippen LogP contribution < -0.4 is 0 Å². The van der Waals surface area contributed by atoms with Gasteiger partial charge in [-0.2, -0.15) is 0 Å². The Kier molecular flexibility index (Phi) is 5.22. The highest BCUT2D eigenvalue weighted by molar-refractivity contribution is 5.85. The lowest BCUT2D eigenvalue weighted by Crippen LogP contribution is -2.48. The second-order valence-electron chi connectivity index (χ2n) is 4.55. The van der Waals surface area contributed by atoms with Crippen LogP contribution in [-0.4, -0.2) is 47.8 Å². The van der Waals surface area contributed by atoms with Gasteiger partial charge in [-0.25, -0.2) is 0 Å². The standard InChI is InChI=1S/C12H23NO3/c1-3-4-7-13(8-9-14)11(15)12(2)6-5-10-16-12/h14H,3-10H2,1-2H3. The van der Waals surface area contributed by atoms with Gasteiger partial charge in [0.1, 0.15) is 5.60 Å².